The molecule has 3 aromatic rings. The normalized spacial score (nSPS) is 15.7. The molecule has 0 radical (unpaired) electrons. The predicted octanol–water partition coefficient (Wildman–Crippen LogP) is 3.19. The highest BCUT2D eigenvalue weighted by Crippen LogP contribution is 2.38. The molecule has 2 aromatic heterocycles. The third-order valence-electron chi connectivity index (χ3n) is 5.71. The fourth-order valence-corrected chi connectivity index (χ4v) is 4.06. The molecule has 31 heavy (non-hydrogen) atoms. The molecule has 8 heteroatoms. The third kappa shape index (κ3) is 4.22. The quantitative estimate of drug-likeness (QED) is 0.577. The van der Waals surface area contributed by atoms with Gasteiger partial charge >= 0.3 is 0 Å². The second kappa shape index (κ2) is 8.95. The summed E-state index contributed by atoms with van der Waals surface area (Å²) in [6.45, 7) is 5.55. The number of rotatable bonds is 7. The van der Waals surface area contributed by atoms with Gasteiger partial charge in [-0.25, -0.2) is 0 Å². The third-order valence-corrected chi connectivity index (χ3v) is 5.71. The molecule has 0 unspecified atom stereocenters. The maximum atomic E-state index is 13.5. The molecular formula is C23H25N3O5. The molecule has 1 amide bonds. The average Bonchev–Trinajstić information content (AvgIpc) is 3.48. The Kier molecular flexibility index (Phi) is 5.73. The van der Waals surface area contributed by atoms with Gasteiger partial charge < -0.3 is 23.3 Å². The van der Waals surface area contributed by atoms with Gasteiger partial charge in [0.2, 0.25) is 0 Å². The molecule has 0 bridgehead atoms. The molecule has 4 heterocycles. The maximum absolute atomic E-state index is 13.5. The Bertz CT molecular complexity index is 1020. The van der Waals surface area contributed by atoms with Crippen LogP contribution in [0.15, 0.2) is 51.6 Å². The number of aromatic nitrogens is 1. The van der Waals surface area contributed by atoms with Crippen molar-refractivity contribution in [2.75, 3.05) is 39.4 Å². The Morgan fingerprint density at radius 2 is 2.00 bits per heavy atom. The van der Waals surface area contributed by atoms with Crippen molar-refractivity contribution in [2.24, 2.45) is 0 Å². The average molecular weight is 423 g/mol. The van der Waals surface area contributed by atoms with Gasteiger partial charge in [0, 0.05) is 26.2 Å². The van der Waals surface area contributed by atoms with Crippen LogP contribution in [0.4, 0.5) is 0 Å². The van der Waals surface area contributed by atoms with E-state index < -0.39 is 0 Å². The molecule has 2 aliphatic heterocycles. The van der Waals surface area contributed by atoms with Crippen LogP contribution >= 0.6 is 0 Å². The van der Waals surface area contributed by atoms with Crippen molar-refractivity contribution in [1.29, 1.82) is 0 Å². The number of para-hydroxylation sites is 1. The van der Waals surface area contributed by atoms with Crippen LogP contribution in [0.25, 0.3) is 11.3 Å². The molecule has 0 N–H and O–H groups in total. The minimum atomic E-state index is -0.175. The smallest absolute Gasteiger partial charge is 0.276 e. The lowest BCUT2D eigenvalue weighted by Crippen LogP contribution is -2.39. The van der Waals surface area contributed by atoms with Gasteiger partial charge in [-0.1, -0.05) is 17.3 Å². The van der Waals surface area contributed by atoms with Crippen molar-refractivity contribution in [2.45, 2.75) is 19.6 Å². The van der Waals surface area contributed by atoms with Gasteiger partial charge in [-0.05, 0) is 30.7 Å². The highest BCUT2D eigenvalue weighted by atomic mass is 16.5. The lowest BCUT2D eigenvalue weighted by Gasteiger charge is -2.28. The van der Waals surface area contributed by atoms with Gasteiger partial charge in [0.25, 0.3) is 5.91 Å². The zero-order valence-corrected chi connectivity index (χ0v) is 17.3. The number of carbonyl (C=O) groups is 1. The van der Waals surface area contributed by atoms with Crippen LogP contribution in [0.1, 0.15) is 28.2 Å². The van der Waals surface area contributed by atoms with E-state index >= 15 is 0 Å². The van der Waals surface area contributed by atoms with Crippen molar-refractivity contribution in [3.63, 3.8) is 0 Å². The number of hydrogen-bond donors (Lipinski definition) is 0. The SMILES string of the molecule is O=C(c1noc2c1COc1ccccc1-2)N(CCCN1CCOCC1)Cc1ccco1. The highest BCUT2D eigenvalue weighted by Gasteiger charge is 2.31. The number of amides is 1. The number of benzene rings is 1. The van der Waals surface area contributed by atoms with E-state index in [0.717, 1.165) is 56.3 Å². The molecule has 1 aromatic carbocycles. The summed E-state index contributed by atoms with van der Waals surface area (Å²) in [4.78, 5) is 17.6. The van der Waals surface area contributed by atoms with Crippen molar-refractivity contribution in [1.82, 2.24) is 15.0 Å². The molecule has 2 aliphatic rings. The summed E-state index contributed by atoms with van der Waals surface area (Å²) in [5, 5.41) is 4.14. The van der Waals surface area contributed by atoms with Gasteiger partial charge in [-0.15, -0.1) is 0 Å². The number of hydrogen-bond acceptors (Lipinski definition) is 7. The summed E-state index contributed by atoms with van der Waals surface area (Å²) in [5.41, 5.74) is 1.82. The van der Waals surface area contributed by atoms with Crippen LogP contribution in [0.2, 0.25) is 0 Å². The first-order chi connectivity index (χ1) is 15.3. The summed E-state index contributed by atoms with van der Waals surface area (Å²) >= 11 is 0. The Hall–Kier alpha value is -3.10. The largest absolute Gasteiger partial charge is 0.488 e. The van der Waals surface area contributed by atoms with Crippen LogP contribution in [0, 0.1) is 0 Å². The van der Waals surface area contributed by atoms with Crippen molar-refractivity contribution < 1.29 is 23.2 Å². The van der Waals surface area contributed by atoms with E-state index in [0.29, 0.717) is 30.1 Å². The zero-order valence-electron chi connectivity index (χ0n) is 17.3. The second-order valence-corrected chi connectivity index (χ2v) is 7.74. The molecule has 162 valence electrons. The summed E-state index contributed by atoms with van der Waals surface area (Å²) in [7, 11) is 0. The standard InChI is InChI=1S/C23H25N3O5/c27-23(21-19-16-30-20-7-2-1-6-18(20)22(19)31-24-21)26(15-17-5-3-12-29-17)9-4-8-25-10-13-28-14-11-25/h1-3,5-7,12H,4,8-11,13-16H2. The van der Waals surface area contributed by atoms with Gasteiger partial charge in [0.05, 0.1) is 37.1 Å². The second-order valence-electron chi connectivity index (χ2n) is 7.74. The number of morpholine rings is 1. The number of ether oxygens (including phenoxy) is 2. The Labute approximate surface area is 180 Å². The molecule has 1 saturated heterocycles. The Morgan fingerprint density at radius 3 is 2.84 bits per heavy atom. The van der Waals surface area contributed by atoms with Crippen LogP contribution < -0.4 is 4.74 Å². The van der Waals surface area contributed by atoms with E-state index in [9.17, 15) is 4.79 Å². The van der Waals surface area contributed by atoms with Crippen LogP contribution in [-0.4, -0.2) is 60.3 Å². The molecule has 8 nitrogen and oxygen atoms in total. The highest BCUT2D eigenvalue weighted by molar-refractivity contribution is 5.95. The minimum Gasteiger partial charge on any atom is -0.488 e. The minimum absolute atomic E-state index is 0.175. The molecule has 0 aliphatic carbocycles. The number of furan rings is 1. The van der Waals surface area contributed by atoms with Crippen molar-refractivity contribution in [3.05, 3.63) is 59.7 Å². The molecule has 0 saturated carbocycles. The van der Waals surface area contributed by atoms with E-state index in [-0.39, 0.29) is 12.5 Å². The van der Waals surface area contributed by atoms with Gasteiger partial charge in [-0.3, -0.25) is 9.69 Å². The summed E-state index contributed by atoms with van der Waals surface area (Å²) < 4.78 is 22.3. The Morgan fingerprint density at radius 1 is 1.13 bits per heavy atom. The van der Waals surface area contributed by atoms with Crippen LogP contribution in [-0.2, 0) is 17.9 Å². The number of fused-ring (bicyclic) bond motifs is 3. The fraction of sp³-hybridized carbons (Fsp3) is 0.391. The van der Waals surface area contributed by atoms with Crippen LogP contribution in [0.3, 0.4) is 0 Å². The zero-order chi connectivity index (χ0) is 21.0. The van der Waals surface area contributed by atoms with E-state index in [1.165, 1.54) is 0 Å². The molecule has 1 fully saturated rings. The molecular weight excluding hydrogens is 398 g/mol. The lowest BCUT2D eigenvalue weighted by molar-refractivity contribution is 0.0354. The topological polar surface area (TPSA) is 81.2 Å². The van der Waals surface area contributed by atoms with Gasteiger partial charge in [-0.2, -0.15) is 0 Å². The lowest BCUT2D eigenvalue weighted by atomic mass is 10.0. The van der Waals surface area contributed by atoms with Crippen LogP contribution in [0.5, 0.6) is 5.75 Å². The first-order valence-electron chi connectivity index (χ1n) is 10.6. The van der Waals surface area contributed by atoms with Crippen molar-refractivity contribution >= 4 is 5.91 Å². The molecule has 0 spiro atoms. The first kappa shape index (κ1) is 19.8. The van der Waals surface area contributed by atoms with E-state index in [4.69, 9.17) is 18.4 Å². The van der Waals surface area contributed by atoms with Crippen molar-refractivity contribution in [3.8, 4) is 17.1 Å². The molecule has 5 rings (SSSR count). The molecule has 0 atom stereocenters. The Balaban J connectivity index is 1.34. The fourth-order valence-electron chi connectivity index (χ4n) is 4.06. The van der Waals surface area contributed by atoms with E-state index in [2.05, 4.69) is 10.1 Å². The maximum Gasteiger partial charge on any atom is 0.276 e. The number of carbonyl (C=O) groups excluding carboxylic acids is 1. The summed E-state index contributed by atoms with van der Waals surface area (Å²) in [6, 6.07) is 11.3. The first-order valence-corrected chi connectivity index (χ1v) is 10.6. The van der Waals surface area contributed by atoms with E-state index in [1.807, 2.05) is 36.4 Å². The number of nitrogens with zero attached hydrogens (tertiary/aromatic N) is 3. The monoisotopic (exact) mass is 423 g/mol. The summed E-state index contributed by atoms with van der Waals surface area (Å²) in [6.07, 6.45) is 2.47. The van der Waals surface area contributed by atoms with Gasteiger partial charge in [0.15, 0.2) is 11.5 Å². The summed E-state index contributed by atoms with van der Waals surface area (Å²) in [5.74, 6) is 1.91. The predicted molar refractivity (Wildman–Crippen MR) is 112 cm³/mol. The van der Waals surface area contributed by atoms with Gasteiger partial charge in [0.1, 0.15) is 18.1 Å². The van der Waals surface area contributed by atoms with E-state index in [1.54, 1.807) is 11.2 Å².